The molecule has 0 aliphatic carbocycles. The van der Waals surface area contributed by atoms with Gasteiger partial charge in [-0.05, 0) is 23.5 Å². The molecular formula is C10H7ClN4O3S. The number of hydrogen-bond donors (Lipinski definition) is 2. The number of nitrogens with zero attached hydrogens (tertiary/aromatic N) is 2. The van der Waals surface area contributed by atoms with E-state index >= 15 is 0 Å². The van der Waals surface area contributed by atoms with E-state index in [1.807, 2.05) is 0 Å². The van der Waals surface area contributed by atoms with E-state index in [1.54, 1.807) is 18.2 Å². The highest BCUT2D eigenvalue weighted by Crippen LogP contribution is 2.34. The van der Waals surface area contributed by atoms with E-state index in [9.17, 15) is 14.9 Å². The Bertz CT molecular complexity index is 658. The maximum Gasteiger partial charge on any atom is 0.364 e. The van der Waals surface area contributed by atoms with E-state index in [1.165, 1.54) is 6.07 Å². The zero-order valence-corrected chi connectivity index (χ0v) is 10.9. The molecular weight excluding hydrogens is 292 g/mol. The number of rotatable bonds is 3. The van der Waals surface area contributed by atoms with Gasteiger partial charge in [-0.25, -0.2) is 4.98 Å². The van der Waals surface area contributed by atoms with Crippen molar-refractivity contribution in [2.45, 2.75) is 0 Å². The number of nitrogens with one attached hydrogen (secondary N) is 1. The molecule has 0 bridgehead atoms. The number of nitro groups is 1. The summed E-state index contributed by atoms with van der Waals surface area (Å²) in [6.45, 7) is 0. The zero-order valence-electron chi connectivity index (χ0n) is 9.29. The molecule has 2 rings (SSSR count). The summed E-state index contributed by atoms with van der Waals surface area (Å²) >= 11 is 6.26. The zero-order chi connectivity index (χ0) is 14.0. The largest absolute Gasteiger partial charge is 0.398 e. The summed E-state index contributed by atoms with van der Waals surface area (Å²) in [7, 11) is 0. The summed E-state index contributed by atoms with van der Waals surface area (Å²) in [5.74, 6) is -0.501. The lowest BCUT2D eigenvalue weighted by Crippen LogP contribution is -2.13. The van der Waals surface area contributed by atoms with Crippen LogP contribution >= 0.6 is 22.9 Å². The van der Waals surface area contributed by atoms with Crippen LogP contribution in [-0.2, 0) is 0 Å². The average Bonchev–Trinajstić information content (AvgIpc) is 2.70. The van der Waals surface area contributed by atoms with Gasteiger partial charge in [-0.15, -0.1) is 0 Å². The minimum atomic E-state index is -0.660. The van der Waals surface area contributed by atoms with Crippen molar-refractivity contribution in [3.63, 3.8) is 0 Å². The second-order valence-corrected chi connectivity index (χ2v) is 4.75. The number of anilines is 2. The van der Waals surface area contributed by atoms with Gasteiger partial charge in [0.2, 0.25) is 5.15 Å². The topological polar surface area (TPSA) is 111 Å². The van der Waals surface area contributed by atoms with E-state index in [0.29, 0.717) is 17.0 Å². The molecule has 0 unspecified atom stereocenters. The van der Waals surface area contributed by atoms with Crippen LogP contribution in [0.4, 0.5) is 15.8 Å². The van der Waals surface area contributed by atoms with Gasteiger partial charge in [-0.2, -0.15) is 0 Å². The second-order valence-electron chi connectivity index (χ2n) is 3.41. The van der Waals surface area contributed by atoms with Crippen molar-refractivity contribution in [1.29, 1.82) is 0 Å². The van der Waals surface area contributed by atoms with E-state index < -0.39 is 10.8 Å². The molecule has 1 amide bonds. The van der Waals surface area contributed by atoms with Crippen molar-refractivity contribution >= 4 is 44.7 Å². The highest BCUT2D eigenvalue weighted by molar-refractivity contribution is 7.19. The Morgan fingerprint density at radius 3 is 2.74 bits per heavy atom. The minimum absolute atomic E-state index is 0.0463. The first-order valence-corrected chi connectivity index (χ1v) is 6.15. The van der Waals surface area contributed by atoms with Gasteiger partial charge in [0.05, 0.1) is 10.5 Å². The third-order valence-electron chi connectivity index (χ3n) is 2.16. The number of nitrogen functional groups attached to an aromatic ring is 1. The summed E-state index contributed by atoms with van der Waals surface area (Å²) in [5, 5.41) is 12.5. The highest BCUT2D eigenvalue weighted by Gasteiger charge is 2.21. The summed E-state index contributed by atoms with van der Waals surface area (Å²) < 4.78 is 0. The molecule has 1 heterocycles. The lowest BCUT2D eigenvalue weighted by Gasteiger charge is -2.03. The van der Waals surface area contributed by atoms with Crippen LogP contribution in [0.15, 0.2) is 24.3 Å². The molecule has 0 spiro atoms. The van der Waals surface area contributed by atoms with E-state index in [2.05, 4.69) is 10.3 Å². The van der Waals surface area contributed by atoms with Gasteiger partial charge in [-0.3, -0.25) is 20.2 Å². The summed E-state index contributed by atoms with van der Waals surface area (Å²) in [4.78, 5) is 25.5. The van der Waals surface area contributed by atoms with Gasteiger partial charge >= 0.3 is 5.00 Å². The Morgan fingerprint density at radius 1 is 1.47 bits per heavy atom. The fraction of sp³-hybridized carbons (Fsp3) is 0. The summed E-state index contributed by atoms with van der Waals surface area (Å²) in [6, 6.07) is 6.46. The van der Waals surface area contributed by atoms with Crippen molar-refractivity contribution in [2.75, 3.05) is 11.1 Å². The summed E-state index contributed by atoms with van der Waals surface area (Å²) in [5.41, 5.74) is 6.21. The van der Waals surface area contributed by atoms with Crippen LogP contribution in [0.2, 0.25) is 5.15 Å². The maximum absolute atomic E-state index is 11.9. The third-order valence-corrected chi connectivity index (χ3v) is 3.46. The van der Waals surface area contributed by atoms with Crippen LogP contribution in [0.25, 0.3) is 0 Å². The number of benzene rings is 1. The first-order valence-electron chi connectivity index (χ1n) is 4.95. The molecule has 19 heavy (non-hydrogen) atoms. The first kappa shape index (κ1) is 13.2. The number of amides is 1. The molecule has 9 heteroatoms. The average molecular weight is 299 g/mol. The second kappa shape index (κ2) is 5.21. The number of aromatic nitrogens is 1. The van der Waals surface area contributed by atoms with Gasteiger partial charge in [0.15, 0.2) is 5.13 Å². The van der Waals surface area contributed by atoms with Crippen molar-refractivity contribution in [2.24, 2.45) is 0 Å². The predicted molar refractivity (Wildman–Crippen MR) is 72.6 cm³/mol. The fourth-order valence-corrected chi connectivity index (χ4v) is 2.32. The Labute approximate surface area is 116 Å². The number of thiazole rings is 1. The quantitative estimate of drug-likeness (QED) is 0.514. The monoisotopic (exact) mass is 298 g/mol. The molecule has 0 aliphatic rings. The van der Waals surface area contributed by atoms with Crippen molar-refractivity contribution in [3.05, 3.63) is 45.1 Å². The van der Waals surface area contributed by atoms with E-state index in [4.69, 9.17) is 17.3 Å². The molecule has 0 fully saturated rings. The predicted octanol–water partition coefficient (Wildman–Crippen LogP) is 2.54. The van der Waals surface area contributed by atoms with Crippen LogP contribution in [0.5, 0.6) is 0 Å². The highest BCUT2D eigenvalue weighted by atomic mass is 35.5. The molecule has 1 aromatic carbocycles. The fourth-order valence-electron chi connectivity index (χ4n) is 1.33. The number of para-hydroxylation sites is 1. The minimum Gasteiger partial charge on any atom is -0.398 e. The SMILES string of the molecule is Nc1ccccc1C(=O)Nc1nc(Cl)c([N+](=O)[O-])s1. The van der Waals surface area contributed by atoms with Crippen molar-refractivity contribution in [3.8, 4) is 0 Å². The normalized spacial score (nSPS) is 10.2. The lowest BCUT2D eigenvalue weighted by molar-refractivity contribution is -0.380. The van der Waals surface area contributed by atoms with Crippen LogP contribution in [0, 0.1) is 10.1 Å². The number of nitrogens with two attached hydrogens (primary N) is 1. The lowest BCUT2D eigenvalue weighted by atomic mass is 10.2. The van der Waals surface area contributed by atoms with Gasteiger partial charge in [0.1, 0.15) is 0 Å². The van der Waals surface area contributed by atoms with Crippen LogP contribution in [0.3, 0.4) is 0 Å². The van der Waals surface area contributed by atoms with Gasteiger partial charge in [-0.1, -0.05) is 23.7 Å². The number of halogens is 1. The molecule has 0 aliphatic heterocycles. The maximum atomic E-state index is 11.9. The smallest absolute Gasteiger partial charge is 0.364 e. The van der Waals surface area contributed by atoms with Crippen molar-refractivity contribution in [1.82, 2.24) is 4.98 Å². The number of hydrogen-bond acceptors (Lipinski definition) is 6. The van der Waals surface area contributed by atoms with Gasteiger partial charge < -0.3 is 5.73 Å². The summed E-state index contributed by atoms with van der Waals surface area (Å²) in [6.07, 6.45) is 0. The Morgan fingerprint density at radius 2 is 2.16 bits per heavy atom. The first-order chi connectivity index (χ1) is 8.99. The number of carbonyl (C=O) groups excluding carboxylic acids is 1. The Balaban J connectivity index is 2.22. The Kier molecular flexibility index (Phi) is 3.63. The molecule has 2 aromatic rings. The molecule has 0 radical (unpaired) electrons. The Hall–Kier alpha value is -2.19. The van der Waals surface area contributed by atoms with Crippen LogP contribution < -0.4 is 11.1 Å². The standard InChI is InChI=1S/C10H7ClN4O3S/c11-7-9(15(17)18)19-10(13-7)14-8(16)5-3-1-2-4-6(5)12/h1-4H,12H2,(H,13,14,16). The number of carbonyl (C=O) groups is 1. The molecule has 0 saturated heterocycles. The van der Waals surface area contributed by atoms with E-state index in [0.717, 1.165) is 0 Å². The molecule has 0 saturated carbocycles. The molecule has 98 valence electrons. The van der Waals surface area contributed by atoms with Crippen LogP contribution in [-0.4, -0.2) is 15.8 Å². The van der Waals surface area contributed by atoms with Crippen LogP contribution in [0.1, 0.15) is 10.4 Å². The van der Waals surface area contributed by atoms with E-state index in [-0.39, 0.29) is 20.8 Å². The van der Waals surface area contributed by atoms with Gasteiger partial charge in [0, 0.05) is 5.69 Å². The molecule has 1 aromatic heterocycles. The third kappa shape index (κ3) is 2.80. The molecule has 3 N–H and O–H groups in total. The molecule has 7 nitrogen and oxygen atoms in total. The van der Waals surface area contributed by atoms with Crippen molar-refractivity contribution < 1.29 is 9.72 Å². The molecule has 0 atom stereocenters. The van der Waals surface area contributed by atoms with Gasteiger partial charge in [0.25, 0.3) is 5.91 Å².